The second kappa shape index (κ2) is 5.63. The van der Waals surface area contributed by atoms with Crippen molar-refractivity contribution >= 4 is 0 Å². The number of rotatable bonds is 4. The molecule has 1 aliphatic rings. The topological polar surface area (TPSA) is 43.7 Å². The van der Waals surface area contributed by atoms with Gasteiger partial charge in [-0.1, -0.05) is 30.3 Å². The summed E-state index contributed by atoms with van der Waals surface area (Å²) in [6.07, 6.45) is 1.94. The van der Waals surface area contributed by atoms with Crippen LogP contribution in [0.3, 0.4) is 0 Å². The van der Waals surface area contributed by atoms with Crippen molar-refractivity contribution in [2.75, 3.05) is 13.2 Å². The fourth-order valence-corrected chi connectivity index (χ4v) is 2.89. The van der Waals surface area contributed by atoms with Crippen molar-refractivity contribution in [3.63, 3.8) is 0 Å². The Kier molecular flexibility index (Phi) is 4.15. The van der Waals surface area contributed by atoms with Crippen LogP contribution in [0.5, 0.6) is 0 Å². The highest BCUT2D eigenvalue weighted by Crippen LogP contribution is 2.33. The van der Waals surface area contributed by atoms with Crippen LogP contribution in [0.4, 0.5) is 0 Å². The molecule has 1 aromatic carbocycles. The lowest BCUT2D eigenvalue weighted by Crippen LogP contribution is -2.41. The lowest BCUT2D eigenvalue weighted by molar-refractivity contribution is 0.0644. The summed E-state index contributed by atoms with van der Waals surface area (Å²) in [4.78, 5) is 2.26. The van der Waals surface area contributed by atoms with E-state index in [2.05, 4.69) is 24.0 Å². The SMILES string of the molecule is C[C@@H](c1ccccc1)N1[C@H](CO)CC[C@H]1CO. The summed E-state index contributed by atoms with van der Waals surface area (Å²) in [6, 6.07) is 10.9. The molecule has 3 heteroatoms. The second-order valence-electron chi connectivity index (χ2n) is 4.78. The molecule has 3 nitrogen and oxygen atoms in total. The fourth-order valence-electron chi connectivity index (χ4n) is 2.89. The van der Waals surface area contributed by atoms with E-state index in [0.717, 1.165) is 12.8 Å². The van der Waals surface area contributed by atoms with Gasteiger partial charge in [0.1, 0.15) is 0 Å². The average molecular weight is 235 g/mol. The van der Waals surface area contributed by atoms with Gasteiger partial charge in [0.2, 0.25) is 0 Å². The van der Waals surface area contributed by atoms with Gasteiger partial charge >= 0.3 is 0 Å². The molecule has 0 bridgehead atoms. The van der Waals surface area contributed by atoms with E-state index in [4.69, 9.17) is 0 Å². The van der Waals surface area contributed by atoms with Gasteiger partial charge < -0.3 is 10.2 Å². The monoisotopic (exact) mass is 235 g/mol. The van der Waals surface area contributed by atoms with Crippen molar-refractivity contribution in [2.45, 2.75) is 37.9 Å². The molecule has 1 aliphatic heterocycles. The maximum absolute atomic E-state index is 9.42. The lowest BCUT2D eigenvalue weighted by Gasteiger charge is -2.34. The molecule has 2 N–H and O–H groups in total. The zero-order valence-electron chi connectivity index (χ0n) is 10.3. The number of nitrogens with zero attached hydrogens (tertiary/aromatic N) is 1. The molecule has 2 rings (SSSR count). The van der Waals surface area contributed by atoms with Gasteiger partial charge in [0, 0.05) is 18.1 Å². The van der Waals surface area contributed by atoms with Gasteiger partial charge in [-0.05, 0) is 25.3 Å². The van der Waals surface area contributed by atoms with Gasteiger partial charge in [-0.15, -0.1) is 0 Å². The second-order valence-corrected chi connectivity index (χ2v) is 4.78. The summed E-state index contributed by atoms with van der Waals surface area (Å²) in [7, 11) is 0. The molecular weight excluding hydrogens is 214 g/mol. The van der Waals surface area contributed by atoms with E-state index in [9.17, 15) is 10.2 Å². The number of hydrogen-bond acceptors (Lipinski definition) is 3. The van der Waals surface area contributed by atoms with E-state index in [1.54, 1.807) is 0 Å². The van der Waals surface area contributed by atoms with Crippen LogP contribution in [0.2, 0.25) is 0 Å². The Hall–Kier alpha value is -0.900. The van der Waals surface area contributed by atoms with Gasteiger partial charge in [0.05, 0.1) is 13.2 Å². The summed E-state index contributed by atoms with van der Waals surface area (Å²) in [6.45, 7) is 2.49. The molecule has 0 aromatic heterocycles. The van der Waals surface area contributed by atoms with E-state index in [0.29, 0.717) is 0 Å². The van der Waals surface area contributed by atoms with Crippen molar-refractivity contribution in [3.8, 4) is 0 Å². The minimum atomic E-state index is 0.174. The van der Waals surface area contributed by atoms with Crippen molar-refractivity contribution in [3.05, 3.63) is 35.9 Å². The molecule has 1 fully saturated rings. The van der Waals surface area contributed by atoms with Gasteiger partial charge in [0.25, 0.3) is 0 Å². The molecule has 1 saturated heterocycles. The maximum atomic E-state index is 9.42. The molecule has 0 saturated carbocycles. The Labute approximate surface area is 103 Å². The number of aliphatic hydroxyl groups is 2. The van der Waals surface area contributed by atoms with Gasteiger partial charge in [-0.3, -0.25) is 4.90 Å². The summed E-state index contributed by atoms with van der Waals surface area (Å²) in [5.74, 6) is 0. The zero-order chi connectivity index (χ0) is 12.3. The summed E-state index contributed by atoms with van der Waals surface area (Å²) in [5, 5.41) is 18.8. The third-order valence-electron chi connectivity index (χ3n) is 3.83. The van der Waals surface area contributed by atoms with Crippen LogP contribution in [-0.4, -0.2) is 40.4 Å². The smallest absolute Gasteiger partial charge is 0.0587 e. The normalized spacial score (nSPS) is 27.2. The number of likely N-dealkylation sites (tertiary alicyclic amines) is 1. The van der Waals surface area contributed by atoms with Crippen LogP contribution in [0.1, 0.15) is 31.4 Å². The predicted octanol–water partition coefficient (Wildman–Crippen LogP) is 1.57. The minimum absolute atomic E-state index is 0.174. The van der Waals surface area contributed by atoms with Crippen molar-refractivity contribution in [2.24, 2.45) is 0 Å². The van der Waals surface area contributed by atoms with Crippen LogP contribution in [-0.2, 0) is 0 Å². The molecule has 1 aromatic rings. The van der Waals surface area contributed by atoms with E-state index in [1.165, 1.54) is 5.56 Å². The molecule has 0 amide bonds. The number of benzene rings is 1. The van der Waals surface area contributed by atoms with Crippen LogP contribution < -0.4 is 0 Å². The Morgan fingerprint density at radius 2 is 1.65 bits per heavy atom. The Balaban J connectivity index is 2.18. The summed E-state index contributed by atoms with van der Waals surface area (Å²) >= 11 is 0. The quantitative estimate of drug-likeness (QED) is 0.832. The molecule has 0 spiro atoms. The first-order valence-corrected chi connectivity index (χ1v) is 6.32. The van der Waals surface area contributed by atoms with E-state index < -0.39 is 0 Å². The molecule has 94 valence electrons. The number of hydrogen-bond donors (Lipinski definition) is 2. The highest BCUT2D eigenvalue weighted by atomic mass is 16.3. The first-order chi connectivity index (χ1) is 8.27. The van der Waals surface area contributed by atoms with Crippen LogP contribution >= 0.6 is 0 Å². The van der Waals surface area contributed by atoms with Crippen LogP contribution in [0, 0.1) is 0 Å². The molecule has 1 heterocycles. The third kappa shape index (κ3) is 2.51. The lowest BCUT2D eigenvalue weighted by atomic mass is 10.1. The van der Waals surface area contributed by atoms with Gasteiger partial charge in [-0.25, -0.2) is 0 Å². The molecule has 0 unspecified atom stereocenters. The fraction of sp³-hybridized carbons (Fsp3) is 0.571. The number of aliphatic hydroxyl groups excluding tert-OH is 2. The average Bonchev–Trinajstić information content (AvgIpc) is 2.81. The Bertz CT molecular complexity index is 329. The van der Waals surface area contributed by atoms with Crippen LogP contribution in [0.25, 0.3) is 0 Å². The van der Waals surface area contributed by atoms with Crippen molar-refractivity contribution in [1.29, 1.82) is 0 Å². The molecule has 0 aliphatic carbocycles. The maximum Gasteiger partial charge on any atom is 0.0587 e. The van der Waals surface area contributed by atoms with Gasteiger partial charge in [0.15, 0.2) is 0 Å². The minimum Gasteiger partial charge on any atom is -0.395 e. The molecular formula is C14H21NO2. The highest BCUT2D eigenvalue weighted by Gasteiger charge is 2.35. The standard InChI is InChI=1S/C14H21NO2/c1-11(12-5-3-2-4-6-12)15-13(9-16)7-8-14(15)10-17/h2-6,11,13-14,16-17H,7-10H2,1H3/t11-,13-,14-/m0/s1. The highest BCUT2D eigenvalue weighted by molar-refractivity contribution is 5.19. The Morgan fingerprint density at radius 3 is 2.12 bits per heavy atom. The largest absolute Gasteiger partial charge is 0.395 e. The first kappa shape index (κ1) is 12.6. The van der Waals surface area contributed by atoms with Crippen molar-refractivity contribution < 1.29 is 10.2 Å². The van der Waals surface area contributed by atoms with E-state index in [-0.39, 0.29) is 31.3 Å². The summed E-state index contributed by atoms with van der Waals surface area (Å²) < 4.78 is 0. The Morgan fingerprint density at radius 1 is 1.12 bits per heavy atom. The zero-order valence-corrected chi connectivity index (χ0v) is 10.3. The molecule has 0 radical (unpaired) electrons. The van der Waals surface area contributed by atoms with Crippen LogP contribution in [0.15, 0.2) is 30.3 Å². The molecule has 17 heavy (non-hydrogen) atoms. The summed E-state index contributed by atoms with van der Waals surface area (Å²) in [5.41, 5.74) is 1.24. The predicted molar refractivity (Wildman–Crippen MR) is 67.7 cm³/mol. The van der Waals surface area contributed by atoms with Gasteiger partial charge in [-0.2, -0.15) is 0 Å². The van der Waals surface area contributed by atoms with Crippen molar-refractivity contribution in [1.82, 2.24) is 4.90 Å². The third-order valence-corrected chi connectivity index (χ3v) is 3.83. The first-order valence-electron chi connectivity index (χ1n) is 6.32. The van der Waals surface area contributed by atoms with E-state index >= 15 is 0 Å². The van der Waals surface area contributed by atoms with E-state index in [1.807, 2.05) is 18.2 Å². The molecule has 3 atom stereocenters.